The minimum Gasteiger partial charge on any atom is -0.294 e. The van der Waals surface area contributed by atoms with E-state index in [0.29, 0.717) is 5.69 Å². The quantitative estimate of drug-likeness (QED) is 0.588. The Morgan fingerprint density at radius 2 is 2.27 bits per heavy atom. The summed E-state index contributed by atoms with van der Waals surface area (Å²) >= 11 is 0. The second-order valence-corrected chi connectivity index (χ2v) is 2.31. The minimum atomic E-state index is -0.428. The van der Waals surface area contributed by atoms with Gasteiger partial charge in [0.2, 0.25) is 0 Å². The van der Waals surface area contributed by atoms with E-state index in [2.05, 4.69) is 10.2 Å². The summed E-state index contributed by atoms with van der Waals surface area (Å²) in [5, 5.41) is 5.86. The van der Waals surface area contributed by atoms with Crippen molar-refractivity contribution in [2.45, 2.75) is 13.8 Å². The van der Waals surface area contributed by atoms with Crippen molar-refractivity contribution in [2.24, 2.45) is 0 Å². The van der Waals surface area contributed by atoms with Crippen LogP contribution in [0, 0.1) is 6.92 Å². The van der Waals surface area contributed by atoms with Gasteiger partial charge in [0, 0.05) is 0 Å². The molecule has 0 aliphatic carbocycles. The first kappa shape index (κ1) is 7.65. The first-order valence-corrected chi connectivity index (χ1v) is 3.18. The van der Waals surface area contributed by atoms with Crippen LogP contribution in [-0.4, -0.2) is 16.0 Å². The van der Waals surface area contributed by atoms with E-state index in [1.165, 1.54) is 13.0 Å². The van der Waals surface area contributed by atoms with Crippen molar-refractivity contribution in [1.29, 1.82) is 0 Å². The normalized spacial score (nSPS) is 9.64. The molecule has 1 rings (SSSR count). The number of Topliss-reactive ketones (excluding diaryl/α,β-unsaturated/α-hetero) is 1. The Kier molecular flexibility index (Phi) is 1.85. The number of carbonyl (C=O) groups excluding carboxylic acids is 1. The van der Waals surface area contributed by atoms with Gasteiger partial charge in [-0.05, 0) is 19.9 Å². The number of aromatic amines is 1. The molecular formula is C7H8N2O2. The third-order valence-corrected chi connectivity index (χ3v) is 1.31. The van der Waals surface area contributed by atoms with E-state index in [4.69, 9.17) is 0 Å². The predicted octanol–water partition coefficient (Wildman–Crippen LogP) is 0.281. The lowest BCUT2D eigenvalue weighted by Crippen LogP contribution is -2.17. The van der Waals surface area contributed by atoms with Crippen molar-refractivity contribution in [3.63, 3.8) is 0 Å². The molecule has 1 aromatic heterocycles. The number of carbonyl (C=O) groups is 1. The third kappa shape index (κ3) is 1.52. The highest BCUT2D eigenvalue weighted by atomic mass is 16.1. The Hall–Kier alpha value is -1.45. The Balaban J connectivity index is 3.35. The molecule has 0 amide bonds. The van der Waals surface area contributed by atoms with Crippen molar-refractivity contribution < 1.29 is 4.79 Å². The van der Waals surface area contributed by atoms with E-state index >= 15 is 0 Å². The Bertz CT molecular complexity index is 341. The van der Waals surface area contributed by atoms with Crippen molar-refractivity contribution >= 4 is 5.78 Å². The molecule has 0 aromatic carbocycles. The molecule has 0 atom stereocenters. The number of H-pyrrole nitrogens is 1. The van der Waals surface area contributed by atoms with Gasteiger partial charge >= 0.3 is 0 Å². The number of nitrogens with zero attached hydrogens (tertiary/aromatic N) is 1. The molecular weight excluding hydrogens is 144 g/mol. The van der Waals surface area contributed by atoms with E-state index in [0.717, 1.165) is 0 Å². The fourth-order valence-corrected chi connectivity index (χ4v) is 0.767. The van der Waals surface area contributed by atoms with Crippen LogP contribution >= 0.6 is 0 Å². The second kappa shape index (κ2) is 2.65. The van der Waals surface area contributed by atoms with Crippen LogP contribution in [-0.2, 0) is 0 Å². The van der Waals surface area contributed by atoms with Gasteiger partial charge in [0.1, 0.15) is 0 Å². The molecule has 1 aromatic rings. The average Bonchev–Trinajstić information content (AvgIpc) is 1.94. The fourth-order valence-electron chi connectivity index (χ4n) is 0.767. The van der Waals surface area contributed by atoms with E-state index in [1.54, 1.807) is 6.92 Å². The highest BCUT2D eigenvalue weighted by Crippen LogP contribution is 1.93. The van der Waals surface area contributed by atoms with Crippen LogP contribution in [0.25, 0.3) is 0 Å². The van der Waals surface area contributed by atoms with E-state index in [-0.39, 0.29) is 11.3 Å². The standard InChI is InChI=1S/C7H8N2O2/c1-4-3-6(5(2)10)7(11)9-8-4/h3H,1-2H3,(H,9,11). The number of hydrogen-bond donors (Lipinski definition) is 1. The summed E-state index contributed by atoms with van der Waals surface area (Å²) in [5.41, 5.74) is 0.371. The maximum atomic E-state index is 10.9. The summed E-state index contributed by atoms with van der Waals surface area (Å²) in [5.74, 6) is -0.239. The number of ketones is 1. The Morgan fingerprint density at radius 1 is 1.64 bits per heavy atom. The van der Waals surface area contributed by atoms with E-state index < -0.39 is 5.56 Å². The molecule has 0 spiro atoms. The van der Waals surface area contributed by atoms with Gasteiger partial charge < -0.3 is 0 Å². The summed E-state index contributed by atoms with van der Waals surface area (Å²) in [6.07, 6.45) is 0. The third-order valence-electron chi connectivity index (χ3n) is 1.31. The zero-order chi connectivity index (χ0) is 8.43. The summed E-state index contributed by atoms with van der Waals surface area (Å²) in [7, 11) is 0. The van der Waals surface area contributed by atoms with Crippen LogP contribution in [0.1, 0.15) is 23.0 Å². The molecule has 4 heteroatoms. The van der Waals surface area contributed by atoms with Crippen molar-refractivity contribution in [1.82, 2.24) is 10.2 Å². The summed E-state index contributed by atoms with van der Waals surface area (Å²) in [6.45, 7) is 3.06. The molecule has 0 aliphatic rings. The number of aromatic nitrogens is 2. The molecule has 0 fully saturated rings. The molecule has 11 heavy (non-hydrogen) atoms. The van der Waals surface area contributed by atoms with Crippen LogP contribution in [0.15, 0.2) is 10.9 Å². The number of hydrogen-bond acceptors (Lipinski definition) is 3. The Labute approximate surface area is 63.3 Å². The fraction of sp³-hybridized carbons (Fsp3) is 0.286. The van der Waals surface area contributed by atoms with Gasteiger partial charge in [-0.2, -0.15) is 5.10 Å². The molecule has 0 unspecified atom stereocenters. The lowest BCUT2D eigenvalue weighted by Gasteiger charge is -1.93. The van der Waals surface area contributed by atoms with Crippen LogP contribution in [0.4, 0.5) is 0 Å². The number of aryl methyl sites for hydroxylation is 1. The predicted molar refractivity (Wildman–Crippen MR) is 39.6 cm³/mol. The number of rotatable bonds is 1. The lowest BCUT2D eigenvalue weighted by molar-refractivity contribution is 0.101. The topological polar surface area (TPSA) is 62.8 Å². The van der Waals surface area contributed by atoms with Gasteiger partial charge in [-0.15, -0.1) is 0 Å². The smallest absolute Gasteiger partial charge is 0.275 e. The summed E-state index contributed by atoms with van der Waals surface area (Å²) < 4.78 is 0. The van der Waals surface area contributed by atoms with Gasteiger partial charge in [-0.1, -0.05) is 0 Å². The van der Waals surface area contributed by atoms with Crippen molar-refractivity contribution in [2.75, 3.05) is 0 Å². The van der Waals surface area contributed by atoms with Crippen molar-refractivity contribution in [3.8, 4) is 0 Å². The van der Waals surface area contributed by atoms with Crippen LogP contribution in [0.5, 0.6) is 0 Å². The van der Waals surface area contributed by atoms with Gasteiger partial charge in [0.15, 0.2) is 5.78 Å². The number of nitrogens with one attached hydrogen (secondary N) is 1. The Morgan fingerprint density at radius 3 is 2.73 bits per heavy atom. The molecule has 4 nitrogen and oxygen atoms in total. The molecule has 0 bridgehead atoms. The first-order chi connectivity index (χ1) is 5.11. The average molecular weight is 152 g/mol. The molecule has 58 valence electrons. The maximum absolute atomic E-state index is 10.9. The SMILES string of the molecule is CC(=O)c1cc(C)n[nH]c1=O. The first-order valence-electron chi connectivity index (χ1n) is 3.18. The van der Waals surface area contributed by atoms with Crippen LogP contribution in [0.2, 0.25) is 0 Å². The van der Waals surface area contributed by atoms with Gasteiger partial charge in [-0.25, -0.2) is 5.10 Å². The molecule has 0 aliphatic heterocycles. The van der Waals surface area contributed by atoms with Gasteiger partial charge in [0.05, 0.1) is 11.3 Å². The van der Waals surface area contributed by atoms with Gasteiger partial charge in [-0.3, -0.25) is 9.59 Å². The highest BCUT2D eigenvalue weighted by Gasteiger charge is 2.04. The highest BCUT2D eigenvalue weighted by molar-refractivity contribution is 5.93. The van der Waals surface area contributed by atoms with Crippen LogP contribution in [0.3, 0.4) is 0 Å². The van der Waals surface area contributed by atoms with Crippen LogP contribution < -0.4 is 5.56 Å². The minimum absolute atomic E-state index is 0.164. The zero-order valence-electron chi connectivity index (χ0n) is 6.34. The zero-order valence-corrected chi connectivity index (χ0v) is 6.34. The summed E-state index contributed by atoms with van der Waals surface area (Å²) in [6, 6.07) is 1.47. The molecule has 0 saturated carbocycles. The maximum Gasteiger partial charge on any atom is 0.275 e. The van der Waals surface area contributed by atoms with E-state index in [9.17, 15) is 9.59 Å². The lowest BCUT2D eigenvalue weighted by atomic mass is 10.2. The van der Waals surface area contributed by atoms with Crippen molar-refractivity contribution in [3.05, 3.63) is 27.7 Å². The molecule has 1 heterocycles. The van der Waals surface area contributed by atoms with E-state index in [1.807, 2.05) is 0 Å². The molecule has 1 N–H and O–H groups in total. The molecule has 0 radical (unpaired) electrons. The second-order valence-electron chi connectivity index (χ2n) is 2.31. The largest absolute Gasteiger partial charge is 0.294 e. The van der Waals surface area contributed by atoms with Gasteiger partial charge in [0.25, 0.3) is 5.56 Å². The molecule has 0 saturated heterocycles. The monoisotopic (exact) mass is 152 g/mol. The summed E-state index contributed by atoms with van der Waals surface area (Å²) in [4.78, 5) is 21.6.